The molecule has 0 bridgehead atoms. The lowest BCUT2D eigenvalue weighted by Crippen LogP contribution is -2.28. The van der Waals surface area contributed by atoms with Crippen molar-refractivity contribution in [3.63, 3.8) is 0 Å². The lowest BCUT2D eigenvalue weighted by molar-refractivity contribution is -0.149. The minimum atomic E-state index is -0.410. The minimum absolute atomic E-state index is 0.0774. The molecule has 2 aliphatic rings. The standard InChI is InChI=1S/C25H22N2O3/c28-15-22(16-4-2-1-3-5-16)23-12-19-11-21-20(10-18(19)13-24(29)30-23)14-27-25(21)17-6-8-26-9-7-17/h1-11,22-23,28H,12-15H2/t22-,23?/m1/s1. The molecule has 3 heterocycles. The van der Waals surface area contributed by atoms with Gasteiger partial charge in [-0.1, -0.05) is 36.4 Å². The number of nitrogens with zero attached hydrogens (tertiary/aromatic N) is 2. The molecule has 5 rings (SSSR count). The van der Waals surface area contributed by atoms with Crippen LogP contribution in [0.3, 0.4) is 0 Å². The van der Waals surface area contributed by atoms with Crippen LogP contribution in [-0.2, 0) is 28.9 Å². The number of benzene rings is 2. The fraction of sp³-hybridized carbons (Fsp3) is 0.240. The van der Waals surface area contributed by atoms with Crippen molar-refractivity contribution in [1.82, 2.24) is 4.98 Å². The summed E-state index contributed by atoms with van der Waals surface area (Å²) in [4.78, 5) is 21.4. The summed E-state index contributed by atoms with van der Waals surface area (Å²) in [5, 5.41) is 10.1. The summed E-state index contributed by atoms with van der Waals surface area (Å²) >= 11 is 0. The van der Waals surface area contributed by atoms with Gasteiger partial charge in [0.15, 0.2) is 0 Å². The number of cyclic esters (lactones) is 1. The molecule has 150 valence electrons. The van der Waals surface area contributed by atoms with Gasteiger partial charge in [-0.3, -0.25) is 14.8 Å². The molecule has 1 unspecified atom stereocenters. The van der Waals surface area contributed by atoms with E-state index in [0.717, 1.165) is 39.1 Å². The predicted molar refractivity (Wildman–Crippen MR) is 114 cm³/mol. The summed E-state index contributed by atoms with van der Waals surface area (Å²) in [6.07, 6.45) is 3.95. The van der Waals surface area contributed by atoms with E-state index >= 15 is 0 Å². The van der Waals surface area contributed by atoms with Crippen LogP contribution in [0.1, 0.15) is 39.3 Å². The molecule has 0 saturated carbocycles. The van der Waals surface area contributed by atoms with Crippen molar-refractivity contribution in [3.05, 3.63) is 100 Å². The first kappa shape index (κ1) is 18.7. The van der Waals surface area contributed by atoms with Gasteiger partial charge >= 0.3 is 5.97 Å². The zero-order chi connectivity index (χ0) is 20.5. The van der Waals surface area contributed by atoms with Crippen LogP contribution in [-0.4, -0.2) is 34.5 Å². The van der Waals surface area contributed by atoms with Crippen LogP contribution < -0.4 is 0 Å². The summed E-state index contributed by atoms with van der Waals surface area (Å²) in [5.41, 5.74) is 7.30. The van der Waals surface area contributed by atoms with Crippen LogP contribution in [0.5, 0.6) is 0 Å². The van der Waals surface area contributed by atoms with Crippen molar-refractivity contribution in [1.29, 1.82) is 0 Å². The Morgan fingerprint density at radius 1 is 1.03 bits per heavy atom. The molecule has 2 aliphatic heterocycles. The largest absolute Gasteiger partial charge is 0.461 e. The Balaban J connectivity index is 1.52. The van der Waals surface area contributed by atoms with Crippen LogP contribution in [0, 0.1) is 0 Å². The first-order valence-corrected chi connectivity index (χ1v) is 10.2. The smallest absolute Gasteiger partial charge is 0.310 e. The van der Waals surface area contributed by atoms with E-state index in [-0.39, 0.29) is 24.9 Å². The average molecular weight is 398 g/mol. The van der Waals surface area contributed by atoms with E-state index in [0.29, 0.717) is 13.0 Å². The zero-order valence-corrected chi connectivity index (χ0v) is 16.5. The number of hydrogen-bond donors (Lipinski definition) is 1. The fourth-order valence-electron chi connectivity index (χ4n) is 4.44. The lowest BCUT2D eigenvalue weighted by atomic mass is 9.87. The first-order valence-electron chi connectivity index (χ1n) is 10.2. The Kier molecular flexibility index (Phi) is 4.89. The molecule has 0 aliphatic carbocycles. The molecule has 2 aromatic carbocycles. The molecule has 0 spiro atoms. The van der Waals surface area contributed by atoms with E-state index in [1.807, 2.05) is 42.5 Å². The number of carbonyl (C=O) groups excluding carboxylic acids is 1. The monoisotopic (exact) mass is 398 g/mol. The van der Waals surface area contributed by atoms with Crippen LogP contribution in [0.15, 0.2) is 72.0 Å². The summed E-state index contributed by atoms with van der Waals surface area (Å²) in [7, 11) is 0. The summed E-state index contributed by atoms with van der Waals surface area (Å²) in [6.45, 7) is 0.536. The third-order valence-electron chi connectivity index (χ3n) is 5.95. The van der Waals surface area contributed by atoms with Gasteiger partial charge in [0, 0.05) is 35.9 Å². The molecular weight excluding hydrogens is 376 g/mol. The molecule has 1 N–H and O–H groups in total. The molecule has 5 nitrogen and oxygen atoms in total. The number of hydrogen-bond acceptors (Lipinski definition) is 5. The number of pyridine rings is 1. The van der Waals surface area contributed by atoms with E-state index in [4.69, 9.17) is 9.73 Å². The van der Waals surface area contributed by atoms with Gasteiger partial charge in [-0.2, -0.15) is 0 Å². The van der Waals surface area contributed by atoms with Crippen LogP contribution in [0.4, 0.5) is 0 Å². The van der Waals surface area contributed by atoms with Crippen molar-refractivity contribution in [2.75, 3.05) is 6.61 Å². The number of rotatable bonds is 4. The molecular formula is C25H22N2O3. The summed E-state index contributed by atoms with van der Waals surface area (Å²) < 4.78 is 5.81. The molecule has 0 radical (unpaired) electrons. The van der Waals surface area contributed by atoms with E-state index in [2.05, 4.69) is 17.1 Å². The van der Waals surface area contributed by atoms with E-state index in [1.165, 1.54) is 0 Å². The van der Waals surface area contributed by atoms with Gasteiger partial charge in [0.1, 0.15) is 6.10 Å². The van der Waals surface area contributed by atoms with Gasteiger partial charge in [-0.05, 0) is 40.5 Å². The minimum Gasteiger partial charge on any atom is -0.461 e. The number of esters is 1. The van der Waals surface area contributed by atoms with Gasteiger partial charge in [0.05, 0.1) is 25.3 Å². The van der Waals surface area contributed by atoms with Gasteiger partial charge < -0.3 is 9.84 Å². The third kappa shape index (κ3) is 3.42. The Morgan fingerprint density at radius 3 is 2.60 bits per heavy atom. The van der Waals surface area contributed by atoms with Gasteiger partial charge in [-0.25, -0.2) is 0 Å². The second kappa shape index (κ2) is 7.84. The zero-order valence-electron chi connectivity index (χ0n) is 16.5. The van der Waals surface area contributed by atoms with Crippen molar-refractivity contribution in [2.45, 2.75) is 31.4 Å². The topological polar surface area (TPSA) is 71.8 Å². The number of aliphatic imine (C=N–C) groups is 1. The second-order valence-corrected chi connectivity index (χ2v) is 7.79. The highest BCUT2D eigenvalue weighted by Gasteiger charge is 2.32. The maximum atomic E-state index is 12.6. The number of fused-ring (bicyclic) bond motifs is 2. The van der Waals surface area contributed by atoms with Gasteiger partial charge in [0.25, 0.3) is 0 Å². The van der Waals surface area contributed by atoms with Crippen LogP contribution in [0.2, 0.25) is 0 Å². The Bertz CT molecular complexity index is 1110. The van der Waals surface area contributed by atoms with Crippen LogP contribution in [0.25, 0.3) is 0 Å². The molecule has 0 amide bonds. The lowest BCUT2D eigenvalue weighted by Gasteiger charge is -2.25. The molecule has 0 saturated heterocycles. The molecule has 0 fully saturated rings. The number of aromatic nitrogens is 1. The van der Waals surface area contributed by atoms with Crippen molar-refractivity contribution >= 4 is 11.7 Å². The van der Waals surface area contributed by atoms with Crippen molar-refractivity contribution < 1.29 is 14.6 Å². The fourth-order valence-corrected chi connectivity index (χ4v) is 4.44. The summed E-state index contributed by atoms with van der Waals surface area (Å²) in [5.74, 6) is -0.510. The number of aliphatic hydroxyl groups is 1. The summed E-state index contributed by atoms with van der Waals surface area (Å²) in [6, 6.07) is 17.9. The van der Waals surface area contributed by atoms with Gasteiger partial charge in [0.2, 0.25) is 0 Å². The number of aliphatic hydroxyl groups excluding tert-OH is 1. The Labute approximate surface area is 175 Å². The van der Waals surface area contributed by atoms with E-state index in [9.17, 15) is 9.90 Å². The quantitative estimate of drug-likeness (QED) is 0.685. The highest BCUT2D eigenvalue weighted by Crippen LogP contribution is 2.32. The maximum absolute atomic E-state index is 12.6. The molecule has 5 heteroatoms. The molecule has 1 aromatic heterocycles. The number of ether oxygens (including phenoxy) is 1. The van der Waals surface area contributed by atoms with Gasteiger partial charge in [-0.15, -0.1) is 0 Å². The van der Waals surface area contributed by atoms with Crippen LogP contribution >= 0.6 is 0 Å². The van der Waals surface area contributed by atoms with E-state index < -0.39 is 6.10 Å². The highest BCUT2D eigenvalue weighted by molar-refractivity contribution is 6.15. The highest BCUT2D eigenvalue weighted by atomic mass is 16.5. The van der Waals surface area contributed by atoms with E-state index in [1.54, 1.807) is 12.4 Å². The third-order valence-corrected chi connectivity index (χ3v) is 5.95. The number of carbonyl (C=O) groups is 1. The second-order valence-electron chi connectivity index (χ2n) is 7.79. The molecule has 2 atom stereocenters. The normalized spacial score (nSPS) is 18.6. The molecule has 30 heavy (non-hydrogen) atoms. The molecule has 3 aromatic rings. The van der Waals surface area contributed by atoms with Crippen molar-refractivity contribution in [3.8, 4) is 0 Å². The van der Waals surface area contributed by atoms with Crippen molar-refractivity contribution in [2.24, 2.45) is 4.99 Å². The predicted octanol–water partition coefficient (Wildman–Crippen LogP) is 3.22. The maximum Gasteiger partial charge on any atom is 0.310 e. The Hall–Kier alpha value is -3.31. The SMILES string of the molecule is O=C1Cc2cc3c(cc2CC([C@H](CO)c2ccccc2)O1)C(c1ccncc1)=NC3. The Morgan fingerprint density at radius 2 is 1.83 bits per heavy atom. The average Bonchev–Trinajstić information content (AvgIpc) is 3.10. The first-order chi connectivity index (χ1) is 14.7.